The summed E-state index contributed by atoms with van der Waals surface area (Å²) >= 11 is 0. The molecule has 0 atom stereocenters. The van der Waals surface area contributed by atoms with Crippen LogP contribution < -0.4 is 0 Å². The van der Waals surface area contributed by atoms with Gasteiger partial charge in [-0.2, -0.15) is 0 Å². The molecule has 22 heavy (non-hydrogen) atoms. The molecule has 0 saturated carbocycles. The molecule has 0 saturated heterocycles. The molecule has 0 amide bonds. The minimum absolute atomic E-state index is 0.159. The molecule has 0 N–H and O–H groups in total. The van der Waals surface area contributed by atoms with E-state index in [4.69, 9.17) is 18.9 Å². The molecule has 0 aliphatic carbocycles. The maximum Gasteiger partial charge on any atom is 0.320 e. The third-order valence-electron chi connectivity index (χ3n) is 2.79. The molecule has 6 heteroatoms. The Balaban J connectivity index is 4.03. The van der Waals surface area contributed by atoms with Crippen LogP contribution in [0.3, 0.4) is 0 Å². The summed E-state index contributed by atoms with van der Waals surface area (Å²) in [6.07, 6.45) is 2.95. The molecule has 130 valence electrons. The Labute approximate surface area is 133 Å². The Hall–Kier alpha value is -1.14. The summed E-state index contributed by atoms with van der Waals surface area (Å²) in [5, 5.41) is 0. The van der Waals surface area contributed by atoms with E-state index in [-0.39, 0.29) is 13.2 Å². The van der Waals surface area contributed by atoms with E-state index in [2.05, 4.69) is 0 Å². The van der Waals surface area contributed by atoms with E-state index in [1.54, 1.807) is 0 Å². The zero-order chi connectivity index (χ0) is 16.6. The second-order valence-electron chi connectivity index (χ2n) is 4.90. The lowest BCUT2D eigenvalue weighted by atomic mass is 10.0. The predicted octanol–water partition coefficient (Wildman–Crippen LogP) is 2.34. The second kappa shape index (κ2) is 14.8. The van der Waals surface area contributed by atoms with E-state index in [1.807, 2.05) is 20.8 Å². The summed E-state index contributed by atoms with van der Waals surface area (Å²) in [7, 11) is 0. The summed E-state index contributed by atoms with van der Waals surface area (Å²) in [5.74, 6) is -1.94. The van der Waals surface area contributed by atoms with Crippen molar-refractivity contribution < 1.29 is 28.5 Å². The summed E-state index contributed by atoms with van der Waals surface area (Å²) in [6, 6.07) is 0. The van der Waals surface area contributed by atoms with Crippen molar-refractivity contribution in [3.63, 3.8) is 0 Å². The minimum Gasteiger partial charge on any atom is -0.463 e. The SMILES string of the molecule is CCCOCCOC(=O)C(CCC)C(=O)OCCOCCC. The zero-order valence-corrected chi connectivity index (χ0v) is 14.1. The van der Waals surface area contributed by atoms with Crippen molar-refractivity contribution >= 4 is 11.9 Å². The van der Waals surface area contributed by atoms with Gasteiger partial charge in [-0.3, -0.25) is 9.59 Å². The van der Waals surface area contributed by atoms with Gasteiger partial charge in [-0.05, 0) is 19.3 Å². The van der Waals surface area contributed by atoms with Gasteiger partial charge < -0.3 is 18.9 Å². The molecular weight excluding hydrogens is 288 g/mol. The van der Waals surface area contributed by atoms with Crippen molar-refractivity contribution in [2.45, 2.75) is 46.5 Å². The maximum atomic E-state index is 11.9. The van der Waals surface area contributed by atoms with Crippen LogP contribution in [0.15, 0.2) is 0 Å². The first-order chi connectivity index (χ1) is 10.7. The molecule has 0 aliphatic rings. The van der Waals surface area contributed by atoms with Crippen LogP contribution in [0.5, 0.6) is 0 Å². The first-order valence-corrected chi connectivity index (χ1v) is 8.16. The molecular formula is C16H30O6. The number of hydrogen-bond acceptors (Lipinski definition) is 6. The number of carbonyl (C=O) groups is 2. The molecule has 6 nitrogen and oxygen atoms in total. The van der Waals surface area contributed by atoms with Crippen molar-refractivity contribution in [3.8, 4) is 0 Å². The standard InChI is InChI=1S/C16H30O6/c1-4-7-14(15(17)21-12-10-19-8-5-2)16(18)22-13-11-20-9-6-3/h14H,4-13H2,1-3H3. The van der Waals surface area contributed by atoms with Crippen LogP contribution in [0.2, 0.25) is 0 Å². The van der Waals surface area contributed by atoms with Crippen molar-refractivity contribution in [1.29, 1.82) is 0 Å². The molecule has 0 aromatic rings. The highest BCUT2D eigenvalue weighted by molar-refractivity contribution is 5.94. The highest BCUT2D eigenvalue weighted by Crippen LogP contribution is 2.11. The third-order valence-corrected chi connectivity index (χ3v) is 2.79. The number of hydrogen-bond donors (Lipinski definition) is 0. The fourth-order valence-corrected chi connectivity index (χ4v) is 1.72. The van der Waals surface area contributed by atoms with E-state index in [0.717, 1.165) is 12.8 Å². The average Bonchev–Trinajstić information content (AvgIpc) is 2.51. The van der Waals surface area contributed by atoms with Crippen LogP contribution in [-0.2, 0) is 28.5 Å². The minimum atomic E-state index is -0.859. The first kappa shape index (κ1) is 20.9. The average molecular weight is 318 g/mol. The summed E-state index contributed by atoms with van der Waals surface area (Å²) < 4.78 is 20.6. The van der Waals surface area contributed by atoms with E-state index >= 15 is 0 Å². The van der Waals surface area contributed by atoms with Gasteiger partial charge in [0.25, 0.3) is 0 Å². The summed E-state index contributed by atoms with van der Waals surface area (Å²) in [6.45, 7) is 8.19. The van der Waals surface area contributed by atoms with Gasteiger partial charge in [0.05, 0.1) is 13.2 Å². The van der Waals surface area contributed by atoms with E-state index in [1.165, 1.54) is 0 Å². The van der Waals surface area contributed by atoms with Crippen LogP contribution in [0, 0.1) is 5.92 Å². The number of rotatable bonds is 14. The molecule has 0 aromatic carbocycles. The van der Waals surface area contributed by atoms with Gasteiger partial charge in [-0.25, -0.2) is 0 Å². The number of ether oxygens (including phenoxy) is 4. The highest BCUT2D eigenvalue weighted by Gasteiger charge is 2.28. The molecule has 0 radical (unpaired) electrons. The molecule has 0 bridgehead atoms. The van der Waals surface area contributed by atoms with Gasteiger partial charge in [-0.15, -0.1) is 0 Å². The lowest BCUT2D eigenvalue weighted by molar-refractivity contribution is -0.164. The van der Waals surface area contributed by atoms with E-state index < -0.39 is 17.9 Å². The quantitative estimate of drug-likeness (QED) is 0.278. The summed E-state index contributed by atoms with van der Waals surface area (Å²) in [5.41, 5.74) is 0. The van der Waals surface area contributed by atoms with E-state index in [0.29, 0.717) is 39.3 Å². The lowest BCUT2D eigenvalue weighted by Gasteiger charge is -2.14. The Bertz CT molecular complexity index is 266. The Kier molecular flexibility index (Phi) is 14.0. The fourth-order valence-electron chi connectivity index (χ4n) is 1.72. The van der Waals surface area contributed by atoms with Gasteiger partial charge in [0.1, 0.15) is 13.2 Å². The van der Waals surface area contributed by atoms with Crippen LogP contribution in [0.1, 0.15) is 46.5 Å². The molecule has 0 heterocycles. The monoisotopic (exact) mass is 318 g/mol. The van der Waals surface area contributed by atoms with Crippen LogP contribution in [0.25, 0.3) is 0 Å². The van der Waals surface area contributed by atoms with Crippen molar-refractivity contribution in [2.75, 3.05) is 39.6 Å². The first-order valence-electron chi connectivity index (χ1n) is 8.16. The number of esters is 2. The topological polar surface area (TPSA) is 71.1 Å². The van der Waals surface area contributed by atoms with Gasteiger partial charge >= 0.3 is 11.9 Å². The zero-order valence-electron chi connectivity index (χ0n) is 14.1. The molecule has 0 aromatic heterocycles. The fraction of sp³-hybridized carbons (Fsp3) is 0.875. The Morgan fingerprint density at radius 2 is 1.14 bits per heavy atom. The van der Waals surface area contributed by atoms with Crippen molar-refractivity contribution in [2.24, 2.45) is 5.92 Å². The molecule has 0 aliphatic heterocycles. The lowest BCUT2D eigenvalue weighted by Crippen LogP contribution is -2.29. The van der Waals surface area contributed by atoms with Gasteiger partial charge in [0.15, 0.2) is 5.92 Å². The molecule has 0 rings (SSSR count). The van der Waals surface area contributed by atoms with Gasteiger partial charge in [-0.1, -0.05) is 27.2 Å². The Morgan fingerprint density at radius 1 is 0.682 bits per heavy atom. The van der Waals surface area contributed by atoms with Crippen molar-refractivity contribution in [1.82, 2.24) is 0 Å². The van der Waals surface area contributed by atoms with Crippen LogP contribution in [-0.4, -0.2) is 51.6 Å². The Morgan fingerprint density at radius 3 is 1.50 bits per heavy atom. The largest absolute Gasteiger partial charge is 0.463 e. The maximum absolute atomic E-state index is 11.9. The smallest absolute Gasteiger partial charge is 0.320 e. The molecule has 0 fully saturated rings. The van der Waals surface area contributed by atoms with Crippen molar-refractivity contribution in [3.05, 3.63) is 0 Å². The van der Waals surface area contributed by atoms with Gasteiger partial charge in [0.2, 0.25) is 0 Å². The number of carbonyl (C=O) groups excluding carboxylic acids is 2. The second-order valence-corrected chi connectivity index (χ2v) is 4.90. The molecule has 0 unspecified atom stereocenters. The third kappa shape index (κ3) is 10.6. The highest BCUT2D eigenvalue weighted by atomic mass is 16.6. The summed E-state index contributed by atoms with van der Waals surface area (Å²) in [4.78, 5) is 23.9. The van der Waals surface area contributed by atoms with Crippen LogP contribution in [0.4, 0.5) is 0 Å². The normalized spacial score (nSPS) is 10.7. The predicted molar refractivity (Wildman–Crippen MR) is 82.5 cm³/mol. The van der Waals surface area contributed by atoms with Crippen LogP contribution >= 0.6 is 0 Å². The van der Waals surface area contributed by atoms with E-state index in [9.17, 15) is 9.59 Å². The van der Waals surface area contributed by atoms with Gasteiger partial charge in [0, 0.05) is 13.2 Å². The molecule has 0 spiro atoms.